The van der Waals surface area contributed by atoms with Crippen LogP contribution in [0.3, 0.4) is 0 Å². The van der Waals surface area contributed by atoms with Crippen LogP contribution in [-0.2, 0) is 10.3 Å². The number of hydrogen-bond acceptors (Lipinski definition) is 7. The minimum Gasteiger partial charge on any atom is -0.444 e. The summed E-state index contributed by atoms with van der Waals surface area (Å²) in [7, 11) is 0. The van der Waals surface area contributed by atoms with Crippen LogP contribution in [0.25, 0.3) is 16.8 Å². The lowest BCUT2D eigenvalue weighted by Crippen LogP contribution is -2.76. The van der Waals surface area contributed by atoms with Crippen molar-refractivity contribution >= 4 is 27.5 Å². The average Bonchev–Trinajstić information content (AvgIpc) is 3.15. The molecule has 9 nitrogen and oxygen atoms in total. The summed E-state index contributed by atoms with van der Waals surface area (Å²) in [6, 6.07) is 4.15. The molecule has 3 aliphatic heterocycles. The van der Waals surface area contributed by atoms with Gasteiger partial charge in [-0.3, -0.25) is 14.9 Å². The Labute approximate surface area is 193 Å². The van der Waals surface area contributed by atoms with Crippen molar-refractivity contribution in [2.75, 3.05) is 13.1 Å². The van der Waals surface area contributed by atoms with Crippen LogP contribution in [0, 0.1) is 11.3 Å². The third kappa shape index (κ3) is 3.24. The first-order valence-corrected chi connectivity index (χ1v) is 11.1. The van der Waals surface area contributed by atoms with Gasteiger partial charge in [0.25, 0.3) is 0 Å². The van der Waals surface area contributed by atoms with E-state index in [9.17, 15) is 10.1 Å². The fraction of sp³-hybridized carbons (Fsp3) is 0.409. The summed E-state index contributed by atoms with van der Waals surface area (Å²) in [5, 5.41) is 17.1. The number of pyridine rings is 1. The summed E-state index contributed by atoms with van der Waals surface area (Å²) < 4.78 is 8.12. The second kappa shape index (κ2) is 7.25. The van der Waals surface area contributed by atoms with Gasteiger partial charge in [-0.1, -0.05) is 0 Å². The van der Waals surface area contributed by atoms with Gasteiger partial charge >= 0.3 is 6.09 Å². The molecule has 3 saturated heterocycles. The van der Waals surface area contributed by atoms with Gasteiger partial charge in [-0.2, -0.15) is 10.4 Å². The topological polar surface area (TPSA) is 108 Å². The van der Waals surface area contributed by atoms with Crippen LogP contribution in [0.4, 0.5) is 4.79 Å². The van der Waals surface area contributed by atoms with E-state index in [1.165, 1.54) is 6.20 Å². The maximum Gasteiger partial charge on any atom is 0.411 e. The fourth-order valence-corrected chi connectivity index (χ4v) is 5.03. The Kier molecular flexibility index (Phi) is 4.72. The maximum atomic E-state index is 12.9. The van der Waals surface area contributed by atoms with E-state index >= 15 is 0 Å². The predicted octanol–water partition coefficient (Wildman–Crippen LogP) is 3.23. The average molecular weight is 496 g/mol. The molecule has 3 aliphatic rings. The largest absolute Gasteiger partial charge is 0.444 e. The van der Waals surface area contributed by atoms with Gasteiger partial charge in [0.15, 0.2) is 0 Å². The van der Waals surface area contributed by atoms with Crippen molar-refractivity contribution in [3.63, 3.8) is 0 Å². The van der Waals surface area contributed by atoms with E-state index < -0.39 is 11.1 Å². The molecule has 2 atom stereocenters. The molecule has 6 rings (SSSR count). The molecule has 3 aromatic heterocycles. The Morgan fingerprint density at radius 1 is 1.34 bits per heavy atom. The molecule has 2 bridgehead atoms. The number of nitrogens with zero attached hydrogens (tertiary/aromatic N) is 6. The van der Waals surface area contributed by atoms with Gasteiger partial charge in [-0.25, -0.2) is 9.31 Å². The van der Waals surface area contributed by atoms with E-state index in [-0.39, 0.29) is 12.1 Å². The van der Waals surface area contributed by atoms with E-state index in [1.807, 2.05) is 26.8 Å². The zero-order chi connectivity index (χ0) is 22.7. The number of piperidine rings is 1. The van der Waals surface area contributed by atoms with Gasteiger partial charge in [-0.15, -0.1) is 0 Å². The molecule has 1 amide bonds. The summed E-state index contributed by atoms with van der Waals surface area (Å²) >= 11 is 3.49. The first kappa shape index (κ1) is 20.8. The molecule has 32 heavy (non-hydrogen) atoms. The van der Waals surface area contributed by atoms with Crippen molar-refractivity contribution in [1.29, 1.82) is 5.26 Å². The highest BCUT2D eigenvalue weighted by Crippen LogP contribution is 2.47. The predicted molar refractivity (Wildman–Crippen MR) is 120 cm³/mol. The van der Waals surface area contributed by atoms with Crippen LogP contribution in [-0.4, -0.2) is 55.3 Å². The summed E-state index contributed by atoms with van der Waals surface area (Å²) in [4.78, 5) is 24.1. The third-order valence-electron chi connectivity index (χ3n) is 5.89. The quantitative estimate of drug-likeness (QED) is 0.580. The number of nitriles is 1. The van der Waals surface area contributed by atoms with Gasteiger partial charge in [0.2, 0.25) is 0 Å². The number of rotatable bonds is 2. The lowest BCUT2D eigenvalue weighted by Gasteiger charge is -2.60. The Hall–Kier alpha value is -3.03. The van der Waals surface area contributed by atoms with E-state index in [0.29, 0.717) is 23.3 Å². The molecule has 0 spiro atoms. The molecule has 164 valence electrons. The molecule has 0 saturated carbocycles. The number of aromatic nitrogens is 4. The van der Waals surface area contributed by atoms with E-state index in [4.69, 9.17) is 9.72 Å². The molecular formula is C22H22BrN7O2. The fourth-order valence-electron chi connectivity index (χ4n) is 4.61. The van der Waals surface area contributed by atoms with Crippen molar-refractivity contribution in [1.82, 2.24) is 29.8 Å². The molecule has 10 heteroatoms. The highest BCUT2D eigenvalue weighted by Gasteiger charge is 2.59. The molecule has 6 heterocycles. The van der Waals surface area contributed by atoms with E-state index in [0.717, 1.165) is 28.7 Å². The number of ether oxygens (including phenoxy) is 1. The molecule has 2 unspecified atom stereocenters. The summed E-state index contributed by atoms with van der Waals surface area (Å²) in [6.07, 6.45) is 7.22. The van der Waals surface area contributed by atoms with E-state index in [1.54, 1.807) is 28.0 Å². The monoisotopic (exact) mass is 495 g/mol. The Bertz CT molecular complexity index is 1250. The van der Waals surface area contributed by atoms with Crippen molar-refractivity contribution in [2.24, 2.45) is 0 Å². The van der Waals surface area contributed by atoms with Crippen molar-refractivity contribution in [3.05, 3.63) is 46.6 Å². The first-order chi connectivity index (χ1) is 15.2. The summed E-state index contributed by atoms with van der Waals surface area (Å²) in [5.41, 5.74) is 2.09. The summed E-state index contributed by atoms with van der Waals surface area (Å²) in [5.74, 6) is 0. The number of nitrogens with one attached hydrogen (secondary N) is 1. The number of carbonyl (C=O) groups excluding carboxylic acids is 1. The normalized spacial score (nSPS) is 22.3. The van der Waals surface area contributed by atoms with Gasteiger partial charge < -0.3 is 10.1 Å². The van der Waals surface area contributed by atoms with Crippen molar-refractivity contribution < 1.29 is 9.53 Å². The highest BCUT2D eigenvalue weighted by atomic mass is 79.9. The number of carbonyl (C=O) groups is 1. The standard InChI is InChI=1S/C22H22BrN7O2/c1-21(2,3)32-20(31)30-15-5-22(30,12-25-8-15)18-10-26-17(9-27-18)16-4-14(23)11-29-19(16)13(6-24)7-28-29/h4,7,9-11,15,25H,5,8,12H2,1-3H3. The Balaban J connectivity index is 1.52. The molecule has 3 fully saturated rings. The minimum absolute atomic E-state index is 0.0785. The molecule has 0 radical (unpaired) electrons. The first-order valence-electron chi connectivity index (χ1n) is 10.3. The van der Waals surface area contributed by atoms with Crippen molar-refractivity contribution in [2.45, 2.75) is 44.4 Å². The third-order valence-corrected chi connectivity index (χ3v) is 6.32. The molecule has 0 aliphatic carbocycles. The number of hydrogen-bond donors (Lipinski definition) is 1. The Morgan fingerprint density at radius 2 is 2.16 bits per heavy atom. The summed E-state index contributed by atoms with van der Waals surface area (Å²) in [6.45, 7) is 6.93. The van der Waals surface area contributed by atoms with E-state index in [2.05, 4.69) is 37.4 Å². The minimum atomic E-state index is -0.572. The highest BCUT2D eigenvalue weighted by molar-refractivity contribution is 9.10. The van der Waals surface area contributed by atoms with Crippen LogP contribution in [0.2, 0.25) is 0 Å². The number of amides is 1. The molecule has 3 aromatic rings. The second-order valence-electron chi connectivity index (χ2n) is 9.19. The Morgan fingerprint density at radius 3 is 2.81 bits per heavy atom. The van der Waals surface area contributed by atoms with Crippen LogP contribution < -0.4 is 5.32 Å². The maximum absolute atomic E-state index is 12.9. The molecule has 1 N–H and O–H groups in total. The zero-order valence-electron chi connectivity index (χ0n) is 18.0. The lowest BCUT2D eigenvalue weighted by molar-refractivity contribution is -0.105. The van der Waals surface area contributed by atoms with Gasteiger partial charge in [0.05, 0.1) is 47.1 Å². The van der Waals surface area contributed by atoms with Crippen LogP contribution in [0.5, 0.6) is 0 Å². The number of piperazine rings is 1. The van der Waals surface area contributed by atoms with Crippen LogP contribution in [0.1, 0.15) is 38.4 Å². The van der Waals surface area contributed by atoms with Crippen LogP contribution >= 0.6 is 15.9 Å². The molecular weight excluding hydrogens is 474 g/mol. The number of halogens is 1. The van der Waals surface area contributed by atoms with Gasteiger partial charge in [-0.05, 0) is 49.2 Å². The van der Waals surface area contributed by atoms with Crippen LogP contribution in [0.15, 0.2) is 35.3 Å². The zero-order valence-corrected chi connectivity index (χ0v) is 19.5. The van der Waals surface area contributed by atoms with Gasteiger partial charge in [0.1, 0.15) is 17.2 Å². The second-order valence-corrected chi connectivity index (χ2v) is 10.1. The SMILES string of the molecule is CC(C)(C)OC(=O)N1C2CNCC1(c1cnc(-c3cc(Br)cn4ncc(C#N)c34)cn1)C2. The molecule has 0 aromatic carbocycles. The smallest absolute Gasteiger partial charge is 0.411 e. The van der Waals surface area contributed by atoms with Gasteiger partial charge in [0, 0.05) is 29.3 Å². The lowest BCUT2D eigenvalue weighted by atomic mass is 9.73. The van der Waals surface area contributed by atoms with Crippen molar-refractivity contribution in [3.8, 4) is 17.3 Å². The number of fused-ring (bicyclic) bond motifs is 3.